The number of hydrogen-bond donors (Lipinski definition) is 1. The van der Waals surface area contributed by atoms with E-state index in [2.05, 4.69) is 0 Å². The van der Waals surface area contributed by atoms with Gasteiger partial charge in [0, 0.05) is 15.8 Å². The second-order valence-electron chi connectivity index (χ2n) is 3.48. The average Bonchev–Trinajstić information content (AvgIpc) is 2.45. The Morgan fingerprint density at radius 3 is 2.73 bits per heavy atom. The Bertz CT molecular complexity index is 346. The van der Waals surface area contributed by atoms with Crippen LogP contribution in [-0.2, 0) is 9.53 Å². The van der Waals surface area contributed by atoms with Crippen LogP contribution in [0.3, 0.4) is 0 Å². The molecule has 0 spiro atoms. The van der Waals surface area contributed by atoms with Gasteiger partial charge in [0.15, 0.2) is 0 Å². The van der Waals surface area contributed by atoms with Gasteiger partial charge in [0.1, 0.15) is 0 Å². The molecule has 1 atom stereocenters. The summed E-state index contributed by atoms with van der Waals surface area (Å²) in [5.41, 5.74) is 7.01. The van der Waals surface area contributed by atoms with E-state index in [-0.39, 0.29) is 18.4 Å². The molecule has 1 unspecified atom stereocenters. The molecule has 1 aromatic heterocycles. The molecular formula is C11H17NO2S. The molecule has 0 aromatic carbocycles. The van der Waals surface area contributed by atoms with Crippen LogP contribution in [0.2, 0.25) is 0 Å². The minimum absolute atomic E-state index is 0.228. The highest BCUT2D eigenvalue weighted by molar-refractivity contribution is 7.12. The third kappa shape index (κ3) is 3.32. The van der Waals surface area contributed by atoms with Crippen LogP contribution < -0.4 is 5.73 Å². The van der Waals surface area contributed by atoms with E-state index < -0.39 is 0 Å². The van der Waals surface area contributed by atoms with Crippen LogP contribution in [0.1, 0.15) is 34.7 Å². The SMILES string of the molecule is CCOC(=O)CC(N)c1cc(C)sc1C. The van der Waals surface area contributed by atoms with Crippen molar-refractivity contribution in [3.63, 3.8) is 0 Å². The molecule has 84 valence electrons. The Morgan fingerprint density at radius 1 is 1.60 bits per heavy atom. The molecule has 0 saturated carbocycles. The van der Waals surface area contributed by atoms with Crippen LogP contribution in [0.25, 0.3) is 0 Å². The van der Waals surface area contributed by atoms with Crippen molar-refractivity contribution in [2.45, 2.75) is 33.2 Å². The molecule has 1 rings (SSSR count). The first kappa shape index (κ1) is 12.2. The highest BCUT2D eigenvalue weighted by Gasteiger charge is 2.15. The lowest BCUT2D eigenvalue weighted by Gasteiger charge is -2.10. The standard InChI is InChI=1S/C11H17NO2S/c1-4-14-11(13)6-10(12)9-5-7(2)15-8(9)3/h5,10H,4,6,12H2,1-3H3. The lowest BCUT2D eigenvalue weighted by atomic mass is 10.1. The van der Waals surface area contributed by atoms with Gasteiger partial charge >= 0.3 is 5.97 Å². The summed E-state index contributed by atoms with van der Waals surface area (Å²) >= 11 is 1.71. The van der Waals surface area contributed by atoms with Gasteiger partial charge in [-0.15, -0.1) is 11.3 Å². The van der Waals surface area contributed by atoms with Crippen molar-refractivity contribution in [3.8, 4) is 0 Å². The van der Waals surface area contributed by atoms with E-state index in [0.29, 0.717) is 6.61 Å². The average molecular weight is 227 g/mol. The molecule has 0 saturated heterocycles. The van der Waals surface area contributed by atoms with Gasteiger partial charge in [-0.2, -0.15) is 0 Å². The summed E-state index contributed by atoms with van der Waals surface area (Å²) in [4.78, 5) is 13.7. The predicted octanol–water partition coefficient (Wildman–Crippen LogP) is 2.32. The van der Waals surface area contributed by atoms with Crippen LogP contribution in [0.5, 0.6) is 0 Å². The smallest absolute Gasteiger partial charge is 0.307 e. The van der Waals surface area contributed by atoms with Crippen LogP contribution in [0, 0.1) is 13.8 Å². The summed E-state index contributed by atoms with van der Waals surface area (Å²) in [5.74, 6) is -0.228. The first-order valence-electron chi connectivity index (χ1n) is 5.02. The van der Waals surface area contributed by atoms with Crippen molar-refractivity contribution in [2.24, 2.45) is 5.73 Å². The van der Waals surface area contributed by atoms with E-state index in [0.717, 1.165) is 5.56 Å². The normalized spacial score (nSPS) is 12.5. The zero-order valence-corrected chi connectivity index (χ0v) is 10.2. The fraction of sp³-hybridized carbons (Fsp3) is 0.545. The van der Waals surface area contributed by atoms with Gasteiger partial charge in [0.05, 0.1) is 13.0 Å². The largest absolute Gasteiger partial charge is 0.466 e. The van der Waals surface area contributed by atoms with Gasteiger partial charge in [0.2, 0.25) is 0 Å². The van der Waals surface area contributed by atoms with Gasteiger partial charge in [0.25, 0.3) is 0 Å². The molecule has 0 aliphatic rings. The minimum atomic E-state index is -0.242. The summed E-state index contributed by atoms with van der Waals surface area (Å²) < 4.78 is 4.87. The van der Waals surface area contributed by atoms with E-state index >= 15 is 0 Å². The number of thiophene rings is 1. The summed E-state index contributed by atoms with van der Waals surface area (Å²) in [6.07, 6.45) is 0.255. The number of carbonyl (C=O) groups is 1. The molecule has 15 heavy (non-hydrogen) atoms. The molecule has 0 aliphatic heterocycles. The lowest BCUT2D eigenvalue weighted by molar-refractivity contribution is -0.143. The molecule has 0 fully saturated rings. The maximum Gasteiger partial charge on any atom is 0.307 e. The Morgan fingerprint density at radius 2 is 2.27 bits per heavy atom. The molecule has 0 aliphatic carbocycles. The molecule has 0 amide bonds. The van der Waals surface area contributed by atoms with Crippen LogP contribution in [0.15, 0.2) is 6.07 Å². The molecule has 1 aromatic rings. The Hall–Kier alpha value is -0.870. The first-order chi connectivity index (χ1) is 7.04. The Kier molecular flexibility index (Phi) is 4.29. The lowest BCUT2D eigenvalue weighted by Crippen LogP contribution is -2.17. The van der Waals surface area contributed by atoms with Gasteiger partial charge in [-0.05, 0) is 32.4 Å². The van der Waals surface area contributed by atoms with Gasteiger partial charge in [-0.3, -0.25) is 4.79 Å². The number of esters is 1. The van der Waals surface area contributed by atoms with E-state index in [1.807, 2.05) is 19.9 Å². The maximum absolute atomic E-state index is 11.2. The van der Waals surface area contributed by atoms with Crippen molar-refractivity contribution in [2.75, 3.05) is 6.61 Å². The van der Waals surface area contributed by atoms with Crippen molar-refractivity contribution in [1.82, 2.24) is 0 Å². The molecular weight excluding hydrogens is 210 g/mol. The molecule has 0 radical (unpaired) electrons. The van der Waals surface area contributed by atoms with Crippen molar-refractivity contribution in [3.05, 3.63) is 21.4 Å². The van der Waals surface area contributed by atoms with Crippen LogP contribution in [-0.4, -0.2) is 12.6 Å². The summed E-state index contributed by atoms with van der Waals surface area (Å²) in [6.45, 7) is 6.27. The van der Waals surface area contributed by atoms with Crippen LogP contribution >= 0.6 is 11.3 Å². The van der Waals surface area contributed by atoms with Crippen molar-refractivity contribution < 1.29 is 9.53 Å². The third-order valence-corrected chi connectivity index (χ3v) is 3.15. The number of nitrogens with two attached hydrogens (primary N) is 1. The van der Waals surface area contributed by atoms with Crippen LogP contribution in [0.4, 0.5) is 0 Å². The maximum atomic E-state index is 11.2. The number of ether oxygens (including phenoxy) is 1. The second kappa shape index (κ2) is 5.28. The fourth-order valence-electron chi connectivity index (χ4n) is 1.53. The monoisotopic (exact) mass is 227 g/mol. The molecule has 1 heterocycles. The Labute approximate surface area is 94.2 Å². The van der Waals surface area contributed by atoms with E-state index in [1.165, 1.54) is 9.75 Å². The number of rotatable bonds is 4. The van der Waals surface area contributed by atoms with Gasteiger partial charge < -0.3 is 10.5 Å². The molecule has 2 N–H and O–H groups in total. The highest BCUT2D eigenvalue weighted by Crippen LogP contribution is 2.26. The molecule has 0 bridgehead atoms. The minimum Gasteiger partial charge on any atom is -0.466 e. The van der Waals surface area contributed by atoms with Gasteiger partial charge in [-0.25, -0.2) is 0 Å². The third-order valence-electron chi connectivity index (χ3n) is 2.17. The van der Waals surface area contributed by atoms with E-state index in [9.17, 15) is 4.79 Å². The topological polar surface area (TPSA) is 52.3 Å². The van der Waals surface area contributed by atoms with E-state index in [4.69, 9.17) is 10.5 Å². The molecule has 3 nitrogen and oxygen atoms in total. The zero-order chi connectivity index (χ0) is 11.4. The number of carbonyl (C=O) groups excluding carboxylic acids is 1. The summed E-state index contributed by atoms with van der Waals surface area (Å²) in [6, 6.07) is 1.80. The zero-order valence-electron chi connectivity index (χ0n) is 9.37. The quantitative estimate of drug-likeness (QED) is 0.803. The first-order valence-corrected chi connectivity index (χ1v) is 5.84. The highest BCUT2D eigenvalue weighted by atomic mass is 32.1. The van der Waals surface area contributed by atoms with E-state index in [1.54, 1.807) is 18.3 Å². The summed E-state index contributed by atoms with van der Waals surface area (Å²) in [5, 5.41) is 0. The van der Waals surface area contributed by atoms with Gasteiger partial charge in [-0.1, -0.05) is 0 Å². The Balaban J connectivity index is 2.64. The van der Waals surface area contributed by atoms with Crippen molar-refractivity contribution in [1.29, 1.82) is 0 Å². The fourth-order valence-corrected chi connectivity index (χ4v) is 2.53. The molecule has 4 heteroatoms. The summed E-state index contributed by atoms with van der Waals surface area (Å²) in [7, 11) is 0. The van der Waals surface area contributed by atoms with Crippen molar-refractivity contribution >= 4 is 17.3 Å². The number of hydrogen-bond acceptors (Lipinski definition) is 4. The second-order valence-corrected chi connectivity index (χ2v) is 4.94. The predicted molar refractivity (Wildman–Crippen MR) is 62.0 cm³/mol. The number of aryl methyl sites for hydroxylation is 2.